The van der Waals surface area contributed by atoms with E-state index in [-0.39, 0.29) is 10.6 Å². The van der Waals surface area contributed by atoms with E-state index in [9.17, 15) is 8.42 Å². The number of nitrogens with zero attached hydrogens (tertiary/aromatic N) is 1. The van der Waals surface area contributed by atoms with Gasteiger partial charge in [0.05, 0.1) is 10.0 Å². The molecule has 7 heteroatoms. The fourth-order valence-electron chi connectivity index (χ4n) is 2.02. The summed E-state index contributed by atoms with van der Waals surface area (Å²) >= 11 is 7.27. The SMILES string of the molecule is CCN(Cc1ccc(Cl)s1)S(=O)(=O)c1ccc(C)cc1N. The van der Waals surface area contributed by atoms with Gasteiger partial charge in [0.2, 0.25) is 10.0 Å². The molecule has 0 aliphatic heterocycles. The molecule has 2 N–H and O–H groups in total. The lowest BCUT2D eigenvalue weighted by Crippen LogP contribution is -2.30. The molecule has 0 aliphatic rings. The van der Waals surface area contributed by atoms with Crippen molar-refractivity contribution in [3.8, 4) is 0 Å². The summed E-state index contributed by atoms with van der Waals surface area (Å²) in [5.41, 5.74) is 7.08. The van der Waals surface area contributed by atoms with Crippen LogP contribution in [-0.2, 0) is 16.6 Å². The Morgan fingerprint density at radius 2 is 2.00 bits per heavy atom. The Labute approximate surface area is 134 Å². The molecule has 4 nitrogen and oxygen atoms in total. The van der Waals surface area contributed by atoms with E-state index < -0.39 is 10.0 Å². The highest BCUT2D eigenvalue weighted by Gasteiger charge is 2.25. The molecule has 0 bridgehead atoms. The Bertz CT molecular complexity index is 741. The maximum Gasteiger partial charge on any atom is 0.245 e. The average Bonchev–Trinajstić information content (AvgIpc) is 2.80. The number of halogens is 1. The Hall–Kier alpha value is -1.08. The molecule has 0 saturated carbocycles. The molecule has 1 aromatic heterocycles. The first-order valence-electron chi connectivity index (χ1n) is 6.45. The number of anilines is 1. The van der Waals surface area contributed by atoms with E-state index in [0.29, 0.717) is 17.4 Å². The van der Waals surface area contributed by atoms with E-state index in [0.717, 1.165) is 10.4 Å². The third-order valence-electron chi connectivity index (χ3n) is 3.10. The van der Waals surface area contributed by atoms with Crippen molar-refractivity contribution in [3.63, 3.8) is 0 Å². The van der Waals surface area contributed by atoms with Crippen LogP contribution in [0.2, 0.25) is 4.34 Å². The van der Waals surface area contributed by atoms with Crippen LogP contribution in [0.3, 0.4) is 0 Å². The quantitative estimate of drug-likeness (QED) is 0.844. The van der Waals surface area contributed by atoms with E-state index >= 15 is 0 Å². The number of rotatable bonds is 5. The molecule has 1 aromatic carbocycles. The lowest BCUT2D eigenvalue weighted by atomic mass is 10.2. The molecule has 0 spiro atoms. The Morgan fingerprint density at radius 3 is 2.52 bits per heavy atom. The second kappa shape index (κ2) is 6.36. The molecule has 0 unspecified atom stereocenters. The van der Waals surface area contributed by atoms with Gasteiger partial charge in [-0.2, -0.15) is 4.31 Å². The van der Waals surface area contributed by atoms with Crippen LogP contribution >= 0.6 is 22.9 Å². The first kappa shape index (κ1) is 16.3. The molecule has 21 heavy (non-hydrogen) atoms. The summed E-state index contributed by atoms with van der Waals surface area (Å²) in [6.07, 6.45) is 0. The predicted molar refractivity (Wildman–Crippen MR) is 88.2 cm³/mol. The van der Waals surface area contributed by atoms with Crippen molar-refractivity contribution >= 4 is 38.6 Å². The summed E-state index contributed by atoms with van der Waals surface area (Å²) in [5, 5.41) is 0. The Kier molecular flexibility index (Phi) is 4.93. The van der Waals surface area contributed by atoms with Crippen molar-refractivity contribution in [3.05, 3.63) is 45.1 Å². The van der Waals surface area contributed by atoms with Crippen molar-refractivity contribution in [2.45, 2.75) is 25.3 Å². The number of aryl methyl sites for hydroxylation is 1. The number of nitrogen functional groups attached to an aromatic ring is 1. The van der Waals surface area contributed by atoms with Crippen molar-refractivity contribution in [1.82, 2.24) is 4.31 Å². The predicted octanol–water partition coefficient (Wildman–Crippen LogP) is 3.50. The summed E-state index contributed by atoms with van der Waals surface area (Å²) < 4.78 is 27.5. The second-order valence-electron chi connectivity index (χ2n) is 4.68. The molecule has 0 atom stereocenters. The van der Waals surface area contributed by atoms with E-state index in [2.05, 4.69) is 0 Å². The summed E-state index contributed by atoms with van der Waals surface area (Å²) in [5.74, 6) is 0. The molecule has 0 aliphatic carbocycles. The van der Waals surface area contributed by atoms with Crippen LogP contribution in [0.1, 0.15) is 17.4 Å². The van der Waals surface area contributed by atoms with E-state index in [1.807, 2.05) is 13.0 Å². The van der Waals surface area contributed by atoms with Gasteiger partial charge in [0.1, 0.15) is 4.90 Å². The molecule has 0 fully saturated rings. The number of benzene rings is 1. The third kappa shape index (κ3) is 3.58. The maximum atomic E-state index is 12.7. The van der Waals surface area contributed by atoms with Crippen LogP contribution in [0.15, 0.2) is 35.2 Å². The van der Waals surface area contributed by atoms with Gasteiger partial charge in [0.25, 0.3) is 0 Å². The van der Waals surface area contributed by atoms with Gasteiger partial charge in [0.15, 0.2) is 0 Å². The van der Waals surface area contributed by atoms with Gasteiger partial charge in [-0.05, 0) is 36.8 Å². The summed E-state index contributed by atoms with van der Waals surface area (Å²) in [7, 11) is -3.62. The lowest BCUT2D eigenvalue weighted by Gasteiger charge is -2.21. The molecule has 114 valence electrons. The first-order valence-corrected chi connectivity index (χ1v) is 9.08. The van der Waals surface area contributed by atoms with Crippen molar-refractivity contribution in [2.24, 2.45) is 0 Å². The van der Waals surface area contributed by atoms with E-state index in [1.165, 1.54) is 15.6 Å². The number of nitrogens with two attached hydrogens (primary N) is 1. The number of hydrogen-bond donors (Lipinski definition) is 1. The van der Waals surface area contributed by atoms with Crippen molar-refractivity contribution < 1.29 is 8.42 Å². The number of hydrogen-bond acceptors (Lipinski definition) is 4. The molecule has 0 saturated heterocycles. The minimum Gasteiger partial charge on any atom is -0.398 e. The van der Waals surface area contributed by atoms with Gasteiger partial charge < -0.3 is 5.73 Å². The topological polar surface area (TPSA) is 63.4 Å². The zero-order chi connectivity index (χ0) is 15.6. The van der Waals surface area contributed by atoms with E-state index in [4.69, 9.17) is 17.3 Å². The van der Waals surface area contributed by atoms with Crippen LogP contribution in [0, 0.1) is 6.92 Å². The molecule has 0 radical (unpaired) electrons. The van der Waals surface area contributed by atoms with Crippen LogP contribution in [-0.4, -0.2) is 19.3 Å². The van der Waals surface area contributed by atoms with Crippen LogP contribution < -0.4 is 5.73 Å². The standard InChI is InChI=1S/C14H17ClN2O2S2/c1-3-17(9-11-5-7-14(15)20-11)21(18,19)13-6-4-10(2)8-12(13)16/h4-8H,3,9,16H2,1-2H3. The highest BCUT2D eigenvalue weighted by molar-refractivity contribution is 7.89. The Morgan fingerprint density at radius 1 is 1.29 bits per heavy atom. The fourth-order valence-corrected chi connectivity index (χ4v) is 4.73. The van der Waals surface area contributed by atoms with Crippen molar-refractivity contribution in [2.75, 3.05) is 12.3 Å². The van der Waals surface area contributed by atoms with Gasteiger partial charge in [-0.3, -0.25) is 0 Å². The zero-order valence-electron chi connectivity index (χ0n) is 11.8. The normalized spacial score (nSPS) is 12.0. The van der Waals surface area contributed by atoms with Crippen LogP contribution in [0.4, 0.5) is 5.69 Å². The monoisotopic (exact) mass is 344 g/mol. The van der Waals surface area contributed by atoms with Gasteiger partial charge in [-0.15, -0.1) is 11.3 Å². The lowest BCUT2D eigenvalue weighted by molar-refractivity contribution is 0.426. The highest BCUT2D eigenvalue weighted by Crippen LogP contribution is 2.27. The van der Waals surface area contributed by atoms with Gasteiger partial charge in [-0.1, -0.05) is 24.6 Å². The van der Waals surface area contributed by atoms with E-state index in [1.54, 1.807) is 31.2 Å². The fraction of sp³-hybridized carbons (Fsp3) is 0.286. The summed E-state index contributed by atoms with van der Waals surface area (Å²) in [6, 6.07) is 8.58. The largest absolute Gasteiger partial charge is 0.398 e. The minimum atomic E-state index is -3.62. The third-order valence-corrected chi connectivity index (χ3v) is 6.31. The average molecular weight is 345 g/mol. The zero-order valence-corrected chi connectivity index (χ0v) is 14.2. The van der Waals surface area contributed by atoms with Gasteiger partial charge in [-0.25, -0.2) is 8.42 Å². The first-order chi connectivity index (χ1) is 9.84. The smallest absolute Gasteiger partial charge is 0.245 e. The van der Waals surface area contributed by atoms with Crippen LogP contribution in [0.25, 0.3) is 0 Å². The molecule has 0 amide bonds. The van der Waals surface area contributed by atoms with Crippen LogP contribution in [0.5, 0.6) is 0 Å². The molecule has 2 aromatic rings. The van der Waals surface area contributed by atoms with Gasteiger partial charge in [0, 0.05) is 18.0 Å². The summed E-state index contributed by atoms with van der Waals surface area (Å²) in [6.45, 7) is 4.34. The molecular formula is C14H17ClN2O2S2. The second-order valence-corrected chi connectivity index (χ2v) is 8.38. The van der Waals surface area contributed by atoms with Gasteiger partial charge >= 0.3 is 0 Å². The number of sulfonamides is 1. The maximum absolute atomic E-state index is 12.7. The number of thiophene rings is 1. The summed E-state index contributed by atoms with van der Waals surface area (Å²) in [4.78, 5) is 1.05. The molecular weight excluding hydrogens is 328 g/mol. The van der Waals surface area contributed by atoms with Crippen molar-refractivity contribution in [1.29, 1.82) is 0 Å². The Balaban J connectivity index is 2.35. The minimum absolute atomic E-state index is 0.151. The molecule has 2 rings (SSSR count). The highest BCUT2D eigenvalue weighted by atomic mass is 35.5. The molecule has 1 heterocycles.